The van der Waals surface area contributed by atoms with E-state index in [-0.39, 0.29) is 0 Å². The molecule has 0 bridgehead atoms. The van der Waals surface area contributed by atoms with E-state index < -0.39 is 0 Å². The summed E-state index contributed by atoms with van der Waals surface area (Å²) in [6, 6.07) is 2.95. The van der Waals surface area contributed by atoms with Gasteiger partial charge in [0.2, 0.25) is 0 Å². The number of hydrogen-bond donors (Lipinski definition) is 2. The lowest BCUT2D eigenvalue weighted by molar-refractivity contribution is 0.537. The molecule has 1 aromatic heterocycles. The second-order valence-electron chi connectivity index (χ2n) is 4.15. The van der Waals surface area contributed by atoms with Gasteiger partial charge in [0.15, 0.2) is 0 Å². The van der Waals surface area contributed by atoms with E-state index in [9.17, 15) is 0 Å². The van der Waals surface area contributed by atoms with Crippen molar-refractivity contribution in [2.45, 2.75) is 38.8 Å². The van der Waals surface area contributed by atoms with Gasteiger partial charge in [0, 0.05) is 24.0 Å². The minimum absolute atomic E-state index is 0.704. The molecule has 0 aromatic carbocycles. The van der Waals surface area contributed by atoms with Crippen molar-refractivity contribution >= 4 is 11.3 Å². The highest BCUT2D eigenvalue weighted by atomic mass is 32.1. The molecule has 2 rings (SSSR count). The van der Waals surface area contributed by atoms with Crippen molar-refractivity contribution < 1.29 is 0 Å². The van der Waals surface area contributed by atoms with Gasteiger partial charge in [-0.15, -0.1) is 11.3 Å². The standard InChI is InChI=1S/C12H20N2S/c1-2-10-5-7-15-12(10)9-13-8-11-4-3-6-14-11/h5,7,11,13-14H,2-4,6,8-9H2,1H3. The van der Waals surface area contributed by atoms with Gasteiger partial charge in [0.05, 0.1) is 0 Å². The Balaban J connectivity index is 1.73. The van der Waals surface area contributed by atoms with Gasteiger partial charge in [-0.3, -0.25) is 0 Å². The molecule has 2 N–H and O–H groups in total. The Labute approximate surface area is 96.1 Å². The molecule has 0 aliphatic carbocycles. The van der Waals surface area contributed by atoms with E-state index in [1.165, 1.54) is 29.8 Å². The lowest BCUT2D eigenvalue weighted by Crippen LogP contribution is -2.33. The molecule has 0 amide bonds. The number of nitrogens with one attached hydrogen (secondary N) is 2. The van der Waals surface area contributed by atoms with Gasteiger partial charge < -0.3 is 10.6 Å². The van der Waals surface area contributed by atoms with Crippen LogP contribution in [0.25, 0.3) is 0 Å². The summed E-state index contributed by atoms with van der Waals surface area (Å²) >= 11 is 1.87. The number of hydrogen-bond acceptors (Lipinski definition) is 3. The first-order valence-electron chi connectivity index (χ1n) is 5.89. The molecule has 1 aliphatic heterocycles. The third-order valence-electron chi connectivity index (χ3n) is 3.06. The Morgan fingerprint density at radius 3 is 3.27 bits per heavy atom. The fourth-order valence-corrected chi connectivity index (χ4v) is 3.07. The molecule has 84 valence electrons. The first kappa shape index (κ1) is 11.1. The Kier molecular flexibility index (Phi) is 4.18. The van der Waals surface area contributed by atoms with Crippen LogP contribution in [-0.2, 0) is 13.0 Å². The maximum Gasteiger partial charge on any atom is 0.0303 e. The third-order valence-corrected chi connectivity index (χ3v) is 4.02. The van der Waals surface area contributed by atoms with Gasteiger partial charge >= 0.3 is 0 Å². The van der Waals surface area contributed by atoms with Crippen LogP contribution in [0.5, 0.6) is 0 Å². The van der Waals surface area contributed by atoms with Gasteiger partial charge in [-0.2, -0.15) is 0 Å². The molecular weight excluding hydrogens is 204 g/mol. The molecule has 1 saturated heterocycles. The molecule has 0 radical (unpaired) electrons. The quantitative estimate of drug-likeness (QED) is 0.801. The molecule has 1 aromatic rings. The number of thiophene rings is 1. The van der Waals surface area contributed by atoms with Crippen LogP contribution in [0.3, 0.4) is 0 Å². The van der Waals surface area contributed by atoms with E-state index in [0.717, 1.165) is 19.5 Å². The maximum atomic E-state index is 3.55. The van der Waals surface area contributed by atoms with E-state index in [4.69, 9.17) is 0 Å². The predicted molar refractivity (Wildman–Crippen MR) is 66.4 cm³/mol. The second kappa shape index (κ2) is 5.64. The highest BCUT2D eigenvalue weighted by Gasteiger charge is 2.13. The largest absolute Gasteiger partial charge is 0.313 e. The summed E-state index contributed by atoms with van der Waals surface area (Å²) in [5, 5.41) is 9.26. The van der Waals surface area contributed by atoms with E-state index in [1.807, 2.05) is 11.3 Å². The average molecular weight is 224 g/mol. The van der Waals surface area contributed by atoms with Gasteiger partial charge in [0.25, 0.3) is 0 Å². The normalized spacial score (nSPS) is 21.0. The third kappa shape index (κ3) is 3.03. The van der Waals surface area contributed by atoms with E-state index in [2.05, 4.69) is 29.0 Å². The van der Waals surface area contributed by atoms with Crippen LogP contribution in [0, 0.1) is 0 Å². The summed E-state index contributed by atoms with van der Waals surface area (Å²) in [5.74, 6) is 0. The van der Waals surface area contributed by atoms with Crippen molar-refractivity contribution in [1.29, 1.82) is 0 Å². The van der Waals surface area contributed by atoms with Crippen LogP contribution >= 0.6 is 11.3 Å². The predicted octanol–water partition coefficient (Wildman–Crippen LogP) is 2.15. The maximum absolute atomic E-state index is 3.55. The summed E-state index contributed by atoms with van der Waals surface area (Å²) < 4.78 is 0. The van der Waals surface area contributed by atoms with E-state index in [1.54, 1.807) is 0 Å². The summed E-state index contributed by atoms with van der Waals surface area (Å²) in [6.45, 7) is 5.58. The Bertz CT molecular complexity index is 290. The average Bonchev–Trinajstić information content (AvgIpc) is 2.88. The highest BCUT2D eigenvalue weighted by Crippen LogP contribution is 2.16. The topological polar surface area (TPSA) is 24.1 Å². The molecule has 3 heteroatoms. The Morgan fingerprint density at radius 2 is 2.53 bits per heavy atom. The monoisotopic (exact) mass is 224 g/mol. The zero-order valence-electron chi connectivity index (χ0n) is 9.38. The fourth-order valence-electron chi connectivity index (χ4n) is 2.13. The molecule has 15 heavy (non-hydrogen) atoms. The zero-order valence-corrected chi connectivity index (χ0v) is 10.2. The smallest absolute Gasteiger partial charge is 0.0303 e. The van der Waals surface area contributed by atoms with Crippen LogP contribution in [0.2, 0.25) is 0 Å². The fraction of sp³-hybridized carbons (Fsp3) is 0.667. The van der Waals surface area contributed by atoms with Crippen LogP contribution < -0.4 is 10.6 Å². The summed E-state index contributed by atoms with van der Waals surface area (Å²) in [7, 11) is 0. The van der Waals surface area contributed by atoms with Gasteiger partial charge in [-0.1, -0.05) is 6.92 Å². The van der Waals surface area contributed by atoms with Crippen molar-refractivity contribution in [3.63, 3.8) is 0 Å². The first-order valence-corrected chi connectivity index (χ1v) is 6.77. The minimum Gasteiger partial charge on any atom is -0.313 e. The van der Waals surface area contributed by atoms with Crippen molar-refractivity contribution in [3.05, 3.63) is 21.9 Å². The van der Waals surface area contributed by atoms with Crippen molar-refractivity contribution in [1.82, 2.24) is 10.6 Å². The van der Waals surface area contributed by atoms with Crippen molar-refractivity contribution in [3.8, 4) is 0 Å². The lowest BCUT2D eigenvalue weighted by Gasteiger charge is -2.11. The van der Waals surface area contributed by atoms with Gasteiger partial charge in [-0.05, 0) is 42.8 Å². The molecular formula is C12H20N2S. The first-order chi connectivity index (χ1) is 7.40. The van der Waals surface area contributed by atoms with Crippen LogP contribution in [0.1, 0.15) is 30.2 Å². The summed E-state index contributed by atoms with van der Waals surface area (Å²) in [5.41, 5.74) is 1.51. The van der Waals surface area contributed by atoms with Crippen LogP contribution in [-0.4, -0.2) is 19.1 Å². The Morgan fingerprint density at radius 1 is 1.60 bits per heavy atom. The van der Waals surface area contributed by atoms with Crippen LogP contribution in [0.15, 0.2) is 11.4 Å². The van der Waals surface area contributed by atoms with Gasteiger partial charge in [0.1, 0.15) is 0 Å². The molecule has 0 spiro atoms. The Hall–Kier alpha value is -0.380. The molecule has 2 nitrogen and oxygen atoms in total. The lowest BCUT2D eigenvalue weighted by atomic mass is 10.2. The summed E-state index contributed by atoms with van der Waals surface area (Å²) in [4.78, 5) is 1.51. The molecule has 1 fully saturated rings. The van der Waals surface area contributed by atoms with Crippen LogP contribution in [0.4, 0.5) is 0 Å². The highest BCUT2D eigenvalue weighted by molar-refractivity contribution is 7.10. The molecule has 1 unspecified atom stereocenters. The summed E-state index contributed by atoms with van der Waals surface area (Å²) in [6.07, 6.45) is 3.83. The van der Waals surface area contributed by atoms with Crippen molar-refractivity contribution in [2.75, 3.05) is 13.1 Å². The SMILES string of the molecule is CCc1ccsc1CNCC1CCCN1. The molecule has 1 aliphatic rings. The zero-order chi connectivity index (χ0) is 10.5. The number of aryl methyl sites for hydroxylation is 1. The van der Waals surface area contributed by atoms with E-state index in [0.29, 0.717) is 6.04 Å². The molecule has 0 saturated carbocycles. The van der Waals surface area contributed by atoms with Crippen molar-refractivity contribution in [2.24, 2.45) is 0 Å². The molecule has 1 atom stereocenters. The minimum atomic E-state index is 0.704. The van der Waals surface area contributed by atoms with E-state index >= 15 is 0 Å². The second-order valence-corrected chi connectivity index (χ2v) is 5.15. The van der Waals surface area contributed by atoms with Gasteiger partial charge in [-0.25, -0.2) is 0 Å². The number of rotatable bonds is 5. The molecule has 2 heterocycles.